The minimum Gasteiger partial charge on any atom is -0.481 e. The van der Waals surface area contributed by atoms with Gasteiger partial charge in [-0.15, -0.1) is 0 Å². The number of nitrogens with one attached hydrogen (secondary N) is 1. The molecule has 17 heavy (non-hydrogen) atoms. The summed E-state index contributed by atoms with van der Waals surface area (Å²) in [5, 5.41) is 11.4. The van der Waals surface area contributed by atoms with Gasteiger partial charge in [-0.2, -0.15) is 0 Å². The summed E-state index contributed by atoms with van der Waals surface area (Å²) in [4.78, 5) is 21.8. The van der Waals surface area contributed by atoms with Crippen molar-refractivity contribution in [2.24, 2.45) is 5.92 Å². The first-order valence-electron chi connectivity index (χ1n) is 6.02. The molecule has 0 aromatic heterocycles. The average Bonchev–Trinajstić information content (AvgIpc) is 2.15. The van der Waals surface area contributed by atoms with Crippen LogP contribution in [-0.4, -0.2) is 29.3 Å². The van der Waals surface area contributed by atoms with Gasteiger partial charge in [0, 0.05) is 6.04 Å². The molecule has 0 radical (unpaired) electrons. The van der Waals surface area contributed by atoms with E-state index in [9.17, 15) is 9.59 Å². The number of aliphatic carboxylic acids is 1. The van der Waals surface area contributed by atoms with Gasteiger partial charge in [0.15, 0.2) is 0 Å². The summed E-state index contributed by atoms with van der Waals surface area (Å²) >= 11 is 0. The number of carboxylic acids is 1. The van der Waals surface area contributed by atoms with Crippen molar-refractivity contribution in [2.75, 3.05) is 0 Å². The number of amides is 1. The molecule has 2 atom stereocenters. The molecule has 0 saturated carbocycles. The Morgan fingerprint density at radius 2 is 1.76 bits per heavy atom. The number of carbonyl (C=O) groups is 2. The van der Waals surface area contributed by atoms with Crippen LogP contribution in [0, 0.1) is 5.92 Å². The van der Waals surface area contributed by atoms with Crippen molar-refractivity contribution in [1.82, 2.24) is 5.32 Å². The van der Waals surface area contributed by atoms with Crippen molar-refractivity contribution in [3.05, 3.63) is 0 Å². The Labute approximate surface area is 103 Å². The number of carboxylic acid groups (broad SMARTS) is 1. The first-order valence-corrected chi connectivity index (χ1v) is 6.02. The fourth-order valence-electron chi connectivity index (χ4n) is 1.38. The lowest BCUT2D eigenvalue weighted by Gasteiger charge is -2.15. The normalized spacial score (nSPS) is 14.2. The molecule has 0 rings (SSSR count). The molecule has 2 N–H and O–H groups in total. The second-order valence-electron chi connectivity index (χ2n) is 4.67. The van der Waals surface area contributed by atoms with E-state index in [0.717, 1.165) is 12.8 Å². The lowest BCUT2D eigenvalue weighted by molar-refractivity contribution is -0.141. The first kappa shape index (κ1) is 15.7. The quantitative estimate of drug-likeness (QED) is 0.722. The van der Waals surface area contributed by atoms with E-state index in [1.165, 1.54) is 0 Å². The zero-order chi connectivity index (χ0) is 13.4. The molecule has 0 aromatic rings. The fourth-order valence-corrected chi connectivity index (χ4v) is 1.38. The van der Waals surface area contributed by atoms with Crippen LogP contribution in [0.3, 0.4) is 0 Å². The van der Waals surface area contributed by atoms with Gasteiger partial charge in [0.1, 0.15) is 0 Å². The van der Waals surface area contributed by atoms with Gasteiger partial charge in [0.25, 0.3) is 0 Å². The number of hydrogen-bond acceptors (Lipinski definition) is 3. The van der Waals surface area contributed by atoms with E-state index in [1.807, 2.05) is 6.92 Å². The summed E-state index contributed by atoms with van der Waals surface area (Å²) in [5.41, 5.74) is 0. The van der Waals surface area contributed by atoms with Gasteiger partial charge >= 0.3 is 12.1 Å². The SMILES string of the molecule is CC(CCCC(C)C(=O)O)NC(=O)OC(C)C. The van der Waals surface area contributed by atoms with Crippen molar-refractivity contribution in [3.63, 3.8) is 0 Å². The minimum absolute atomic E-state index is 0.00208. The Bertz CT molecular complexity index is 253. The van der Waals surface area contributed by atoms with Crippen LogP contribution in [0.5, 0.6) is 0 Å². The molecule has 0 bridgehead atoms. The van der Waals surface area contributed by atoms with Gasteiger partial charge in [-0.25, -0.2) is 4.79 Å². The van der Waals surface area contributed by atoms with E-state index in [1.54, 1.807) is 20.8 Å². The third-order valence-corrected chi connectivity index (χ3v) is 2.40. The minimum atomic E-state index is -0.773. The van der Waals surface area contributed by atoms with Crippen LogP contribution in [0.25, 0.3) is 0 Å². The zero-order valence-electron chi connectivity index (χ0n) is 11.0. The number of alkyl carbamates (subject to hydrolysis) is 1. The molecule has 0 aromatic carbocycles. The lowest BCUT2D eigenvalue weighted by atomic mass is 10.0. The van der Waals surface area contributed by atoms with Crippen LogP contribution >= 0.6 is 0 Å². The highest BCUT2D eigenvalue weighted by molar-refractivity contribution is 5.69. The van der Waals surface area contributed by atoms with Gasteiger partial charge in [-0.3, -0.25) is 4.79 Å². The molecule has 100 valence electrons. The van der Waals surface area contributed by atoms with E-state index >= 15 is 0 Å². The van der Waals surface area contributed by atoms with E-state index in [2.05, 4.69) is 5.32 Å². The Kier molecular flexibility index (Phi) is 7.34. The van der Waals surface area contributed by atoms with Gasteiger partial charge in [0.2, 0.25) is 0 Å². The molecule has 1 amide bonds. The maximum absolute atomic E-state index is 11.2. The molecule has 2 unspecified atom stereocenters. The number of rotatable bonds is 7. The Balaban J connectivity index is 3.69. The molecular weight excluding hydrogens is 222 g/mol. The Hall–Kier alpha value is -1.26. The van der Waals surface area contributed by atoms with E-state index < -0.39 is 12.1 Å². The van der Waals surface area contributed by atoms with Crippen LogP contribution in [0.1, 0.15) is 47.0 Å². The predicted molar refractivity (Wildman–Crippen MR) is 64.9 cm³/mol. The molecule has 0 saturated heterocycles. The zero-order valence-corrected chi connectivity index (χ0v) is 11.0. The average molecular weight is 245 g/mol. The summed E-state index contributed by atoms with van der Waals surface area (Å²) in [6.45, 7) is 7.15. The second-order valence-corrected chi connectivity index (χ2v) is 4.67. The van der Waals surface area contributed by atoms with Crippen molar-refractivity contribution in [2.45, 2.75) is 59.1 Å². The van der Waals surface area contributed by atoms with Crippen LogP contribution in [-0.2, 0) is 9.53 Å². The topological polar surface area (TPSA) is 75.6 Å². The molecule has 0 aliphatic heterocycles. The van der Waals surface area contributed by atoms with Gasteiger partial charge in [-0.05, 0) is 33.6 Å². The summed E-state index contributed by atoms with van der Waals surface area (Å²) in [6.07, 6.45) is 1.61. The Morgan fingerprint density at radius 1 is 1.18 bits per heavy atom. The van der Waals surface area contributed by atoms with Gasteiger partial charge < -0.3 is 15.2 Å². The van der Waals surface area contributed by atoms with E-state index in [0.29, 0.717) is 6.42 Å². The number of ether oxygens (including phenoxy) is 1. The lowest BCUT2D eigenvalue weighted by Crippen LogP contribution is -2.34. The number of carbonyl (C=O) groups excluding carboxylic acids is 1. The standard InChI is InChI=1S/C12H23NO4/c1-8(2)17-12(16)13-10(4)7-5-6-9(3)11(14)15/h8-10H,5-7H2,1-4H3,(H,13,16)(H,14,15). The Morgan fingerprint density at radius 3 is 2.24 bits per heavy atom. The maximum Gasteiger partial charge on any atom is 0.407 e. The molecule has 0 heterocycles. The molecule has 5 nitrogen and oxygen atoms in total. The van der Waals surface area contributed by atoms with Gasteiger partial charge in [-0.1, -0.05) is 13.3 Å². The third-order valence-electron chi connectivity index (χ3n) is 2.40. The third kappa shape index (κ3) is 8.54. The first-order chi connectivity index (χ1) is 7.82. The summed E-state index contributed by atoms with van der Waals surface area (Å²) < 4.78 is 4.94. The van der Waals surface area contributed by atoms with Crippen LogP contribution in [0.2, 0.25) is 0 Å². The molecule has 0 fully saturated rings. The largest absolute Gasteiger partial charge is 0.481 e. The summed E-state index contributed by atoms with van der Waals surface area (Å²) in [7, 11) is 0. The molecule has 5 heteroatoms. The summed E-state index contributed by atoms with van der Waals surface area (Å²) in [6, 6.07) is 0.00208. The van der Waals surface area contributed by atoms with Gasteiger partial charge in [0.05, 0.1) is 12.0 Å². The van der Waals surface area contributed by atoms with Crippen molar-refractivity contribution in [3.8, 4) is 0 Å². The van der Waals surface area contributed by atoms with Crippen LogP contribution in [0.4, 0.5) is 4.79 Å². The summed E-state index contributed by atoms with van der Waals surface area (Å²) in [5.74, 6) is -1.10. The van der Waals surface area contributed by atoms with Crippen molar-refractivity contribution < 1.29 is 19.4 Å². The van der Waals surface area contributed by atoms with Crippen LogP contribution < -0.4 is 5.32 Å². The van der Waals surface area contributed by atoms with Crippen LogP contribution in [0.15, 0.2) is 0 Å². The highest BCUT2D eigenvalue weighted by Crippen LogP contribution is 2.09. The highest BCUT2D eigenvalue weighted by atomic mass is 16.6. The van der Waals surface area contributed by atoms with E-state index in [4.69, 9.17) is 9.84 Å². The fraction of sp³-hybridized carbons (Fsp3) is 0.833. The van der Waals surface area contributed by atoms with E-state index in [-0.39, 0.29) is 18.1 Å². The predicted octanol–water partition coefficient (Wildman–Crippen LogP) is 2.40. The number of hydrogen-bond donors (Lipinski definition) is 2. The monoisotopic (exact) mass is 245 g/mol. The molecule has 0 spiro atoms. The smallest absolute Gasteiger partial charge is 0.407 e. The molecule has 0 aliphatic carbocycles. The van der Waals surface area contributed by atoms with Crippen molar-refractivity contribution >= 4 is 12.1 Å². The molecule has 0 aliphatic rings. The molecular formula is C12H23NO4. The van der Waals surface area contributed by atoms with Crippen molar-refractivity contribution in [1.29, 1.82) is 0 Å². The second kappa shape index (κ2) is 7.92. The highest BCUT2D eigenvalue weighted by Gasteiger charge is 2.13. The maximum atomic E-state index is 11.2.